The number of nitrogens with two attached hydrogens (primary N) is 1. The highest BCUT2D eigenvalue weighted by Gasteiger charge is 2.17. The summed E-state index contributed by atoms with van der Waals surface area (Å²) < 4.78 is 9.59. The normalized spacial score (nSPS) is 13.2. The first-order valence-corrected chi connectivity index (χ1v) is 10.8. The first-order chi connectivity index (χ1) is 15.5. The summed E-state index contributed by atoms with van der Waals surface area (Å²) in [4.78, 5) is 15.3. The lowest BCUT2D eigenvalue weighted by molar-refractivity contribution is 0.0841. The van der Waals surface area contributed by atoms with Crippen molar-refractivity contribution in [2.45, 2.75) is 38.5 Å². The van der Waals surface area contributed by atoms with Gasteiger partial charge in [0.25, 0.3) is 5.91 Å². The molecule has 2 unspecified atom stereocenters. The molecule has 2 atom stereocenters. The molecule has 3 N–H and O–H groups in total. The molecule has 7 heteroatoms. The SMILES string of the molecule is CC(CC(O)n1ccc2ccc(OCCCc3ccccc3)cc21)n1cnc(C(N)=O)c1. The summed E-state index contributed by atoms with van der Waals surface area (Å²) >= 11 is 0. The third kappa shape index (κ3) is 5.00. The van der Waals surface area contributed by atoms with Crippen LogP contribution in [0, 0.1) is 0 Å². The smallest absolute Gasteiger partial charge is 0.268 e. The van der Waals surface area contributed by atoms with Crippen LogP contribution in [0.25, 0.3) is 10.9 Å². The van der Waals surface area contributed by atoms with Crippen LogP contribution in [-0.2, 0) is 6.42 Å². The monoisotopic (exact) mass is 432 g/mol. The van der Waals surface area contributed by atoms with E-state index in [1.807, 2.05) is 60.2 Å². The van der Waals surface area contributed by atoms with Crippen LogP contribution >= 0.6 is 0 Å². The van der Waals surface area contributed by atoms with E-state index in [0.717, 1.165) is 29.5 Å². The number of hydrogen-bond acceptors (Lipinski definition) is 4. The molecule has 4 rings (SSSR count). The maximum Gasteiger partial charge on any atom is 0.268 e. The lowest BCUT2D eigenvalue weighted by atomic mass is 10.1. The number of carbonyl (C=O) groups is 1. The average molecular weight is 433 g/mol. The zero-order valence-electron chi connectivity index (χ0n) is 18.1. The summed E-state index contributed by atoms with van der Waals surface area (Å²) in [6, 6.07) is 18.2. The number of fused-ring (bicyclic) bond motifs is 1. The molecule has 2 aromatic heterocycles. The van der Waals surface area contributed by atoms with Crippen LogP contribution in [0.5, 0.6) is 5.75 Å². The van der Waals surface area contributed by atoms with E-state index >= 15 is 0 Å². The van der Waals surface area contributed by atoms with E-state index in [0.29, 0.717) is 13.0 Å². The van der Waals surface area contributed by atoms with Gasteiger partial charge in [0.1, 0.15) is 17.7 Å². The third-order valence-corrected chi connectivity index (χ3v) is 5.65. The number of imidazole rings is 1. The molecule has 4 aromatic rings. The minimum absolute atomic E-state index is 0.0690. The topological polar surface area (TPSA) is 95.3 Å². The fourth-order valence-corrected chi connectivity index (χ4v) is 3.84. The van der Waals surface area contributed by atoms with Crippen molar-refractivity contribution in [3.8, 4) is 5.75 Å². The number of amides is 1. The van der Waals surface area contributed by atoms with E-state index in [1.54, 1.807) is 17.1 Å². The number of aliphatic hydroxyl groups is 1. The maximum atomic E-state index is 11.3. The highest BCUT2D eigenvalue weighted by atomic mass is 16.5. The van der Waals surface area contributed by atoms with Crippen molar-refractivity contribution >= 4 is 16.8 Å². The second kappa shape index (κ2) is 9.70. The van der Waals surface area contributed by atoms with Crippen molar-refractivity contribution in [2.24, 2.45) is 5.73 Å². The molecule has 0 aliphatic rings. The number of nitrogens with zero attached hydrogens (tertiary/aromatic N) is 3. The van der Waals surface area contributed by atoms with Crippen molar-refractivity contribution in [1.82, 2.24) is 14.1 Å². The molecule has 0 saturated heterocycles. The van der Waals surface area contributed by atoms with Gasteiger partial charge in [-0.1, -0.05) is 30.3 Å². The van der Waals surface area contributed by atoms with Gasteiger partial charge in [0, 0.05) is 30.9 Å². The van der Waals surface area contributed by atoms with E-state index in [4.69, 9.17) is 10.5 Å². The van der Waals surface area contributed by atoms with Gasteiger partial charge in [-0.05, 0) is 48.9 Å². The van der Waals surface area contributed by atoms with Crippen LogP contribution in [0.3, 0.4) is 0 Å². The Bertz CT molecular complexity index is 1180. The Hall–Kier alpha value is -3.58. The van der Waals surface area contributed by atoms with Gasteiger partial charge in [-0.3, -0.25) is 4.79 Å². The molecule has 0 spiro atoms. The van der Waals surface area contributed by atoms with Gasteiger partial charge < -0.3 is 24.7 Å². The minimum Gasteiger partial charge on any atom is -0.494 e. The number of aliphatic hydroxyl groups excluding tert-OH is 1. The number of aryl methyl sites for hydroxylation is 1. The Balaban J connectivity index is 1.39. The molecule has 0 fully saturated rings. The molecule has 0 aliphatic carbocycles. The van der Waals surface area contributed by atoms with E-state index < -0.39 is 12.1 Å². The van der Waals surface area contributed by atoms with Crippen LogP contribution in [0.2, 0.25) is 0 Å². The van der Waals surface area contributed by atoms with Crippen LogP contribution < -0.4 is 10.5 Å². The van der Waals surface area contributed by atoms with Gasteiger partial charge in [-0.15, -0.1) is 0 Å². The van der Waals surface area contributed by atoms with Gasteiger partial charge >= 0.3 is 0 Å². The summed E-state index contributed by atoms with van der Waals surface area (Å²) in [6.07, 6.45) is 6.66. The number of ether oxygens (including phenoxy) is 1. The molecule has 0 aliphatic heterocycles. The molecule has 2 aromatic carbocycles. The van der Waals surface area contributed by atoms with Crippen LogP contribution in [0.1, 0.15) is 48.1 Å². The summed E-state index contributed by atoms with van der Waals surface area (Å²) in [5.41, 5.74) is 7.70. The number of carbonyl (C=O) groups excluding carboxylic acids is 1. The second-order valence-corrected chi connectivity index (χ2v) is 8.02. The van der Waals surface area contributed by atoms with Gasteiger partial charge in [0.05, 0.1) is 18.5 Å². The summed E-state index contributed by atoms with van der Waals surface area (Å²) in [5.74, 6) is 0.218. The van der Waals surface area contributed by atoms with Gasteiger partial charge in [-0.2, -0.15) is 0 Å². The molecule has 0 radical (unpaired) electrons. The van der Waals surface area contributed by atoms with E-state index in [1.165, 1.54) is 5.56 Å². The van der Waals surface area contributed by atoms with Crippen molar-refractivity contribution in [1.29, 1.82) is 0 Å². The zero-order valence-corrected chi connectivity index (χ0v) is 18.1. The minimum atomic E-state index is -0.741. The molecule has 0 bridgehead atoms. The largest absolute Gasteiger partial charge is 0.494 e. The average Bonchev–Trinajstić information content (AvgIpc) is 3.45. The summed E-state index contributed by atoms with van der Waals surface area (Å²) in [6.45, 7) is 2.59. The molecular weight excluding hydrogens is 404 g/mol. The Morgan fingerprint density at radius 3 is 2.75 bits per heavy atom. The van der Waals surface area contributed by atoms with Gasteiger partial charge in [0.15, 0.2) is 0 Å². The fourth-order valence-electron chi connectivity index (χ4n) is 3.84. The maximum absolute atomic E-state index is 11.3. The number of rotatable bonds is 10. The van der Waals surface area contributed by atoms with E-state index in [9.17, 15) is 9.90 Å². The summed E-state index contributed by atoms with van der Waals surface area (Å²) in [7, 11) is 0. The molecule has 32 heavy (non-hydrogen) atoms. The predicted molar refractivity (Wildman–Crippen MR) is 124 cm³/mol. The molecular formula is C25H28N4O3. The first kappa shape index (κ1) is 21.6. The number of primary amides is 1. The molecule has 2 heterocycles. The van der Waals surface area contributed by atoms with E-state index in [-0.39, 0.29) is 11.7 Å². The highest BCUT2D eigenvalue weighted by Crippen LogP contribution is 2.28. The van der Waals surface area contributed by atoms with Gasteiger partial charge in [-0.25, -0.2) is 4.98 Å². The Morgan fingerprint density at radius 2 is 2.00 bits per heavy atom. The number of hydrogen-bond donors (Lipinski definition) is 2. The van der Waals surface area contributed by atoms with Crippen LogP contribution in [0.4, 0.5) is 0 Å². The molecule has 7 nitrogen and oxygen atoms in total. The summed E-state index contributed by atoms with van der Waals surface area (Å²) in [5, 5.41) is 11.9. The molecule has 1 amide bonds. The number of benzene rings is 2. The number of aromatic nitrogens is 3. The van der Waals surface area contributed by atoms with Crippen LogP contribution in [-0.4, -0.2) is 31.7 Å². The van der Waals surface area contributed by atoms with Crippen molar-refractivity contribution in [3.63, 3.8) is 0 Å². The quantitative estimate of drug-likeness (QED) is 0.369. The third-order valence-electron chi connectivity index (χ3n) is 5.65. The Morgan fingerprint density at radius 1 is 1.19 bits per heavy atom. The Kier molecular flexibility index (Phi) is 6.56. The lowest BCUT2D eigenvalue weighted by Crippen LogP contribution is -2.14. The first-order valence-electron chi connectivity index (χ1n) is 10.8. The van der Waals surface area contributed by atoms with Crippen molar-refractivity contribution in [2.75, 3.05) is 6.61 Å². The van der Waals surface area contributed by atoms with Crippen molar-refractivity contribution < 1.29 is 14.6 Å². The zero-order chi connectivity index (χ0) is 22.5. The molecule has 166 valence electrons. The standard InChI is InChI=1S/C25H28N4O3/c1-18(28-16-22(25(26)31)27-17-28)14-24(30)29-12-11-20-9-10-21(15-23(20)29)32-13-5-8-19-6-3-2-4-7-19/h2-4,6-7,9-12,15-18,24,30H,5,8,13-14H2,1H3,(H2,26,31). The molecule has 0 saturated carbocycles. The lowest BCUT2D eigenvalue weighted by Gasteiger charge is -2.20. The van der Waals surface area contributed by atoms with Crippen molar-refractivity contribution in [3.05, 3.63) is 84.6 Å². The fraction of sp³-hybridized carbons (Fsp3) is 0.280. The Labute approximate surface area is 187 Å². The predicted octanol–water partition coefficient (Wildman–Crippen LogP) is 4.09. The van der Waals surface area contributed by atoms with Gasteiger partial charge in [0.2, 0.25) is 0 Å². The van der Waals surface area contributed by atoms with Crippen LogP contribution in [0.15, 0.2) is 73.3 Å². The highest BCUT2D eigenvalue weighted by molar-refractivity contribution is 5.90. The van der Waals surface area contributed by atoms with E-state index in [2.05, 4.69) is 17.1 Å². The second-order valence-electron chi connectivity index (χ2n) is 8.02.